The van der Waals surface area contributed by atoms with Crippen LogP contribution < -0.4 is 0 Å². The van der Waals surface area contributed by atoms with Gasteiger partial charge in [0.15, 0.2) is 0 Å². The van der Waals surface area contributed by atoms with Gasteiger partial charge in [0.2, 0.25) is 0 Å². The minimum absolute atomic E-state index is 0.913. The first kappa shape index (κ1) is 12.2. The van der Waals surface area contributed by atoms with Crippen molar-refractivity contribution in [3.05, 3.63) is 65.9 Å². The summed E-state index contributed by atoms with van der Waals surface area (Å²) in [5.41, 5.74) is 6.28. The average molecular weight is 273 g/mol. The van der Waals surface area contributed by atoms with Crippen LogP contribution in [0.25, 0.3) is 33.2 Å². The Hall–Kier alpha value is -2.61. The average Bonchev–Trinajstić information content (AvgIpc) is 2.85. The van der Waals surface area contributed by atoms with Gasteiger partial charge in [0.1, 0.15) is 11.2 Å². The molecule has 2 heteroatoms. The molecule has 0 N–H and O–H groups in total. The van der Waals surface area contributed by atoms with Gasteiger partial charge < -0.3 is 4.42 Å². The zero-order valence-electron chi connectivity index (χ0n) is 12.1. The highest BCUT2D eigenvalue weighted by Crippen LogP contribution is 2.35. The molecule has 21 heavy (non-hydrogen) atoms. The summed E-state index contributed by atoms with van der Waals surface area (Å²) >= 11 is 0. The van der Waals surface area contributed by atoms with E-state index in [4.69, 9.17) is 4.42 Å². The van der Waals surface area contributed by atoms with E-state index in [1.807, 2.05) is 18.3 Å². The number of aryl methyl sites for hydroxylation is 2. The number of hydrogen-bond acceptors (Lipinski definition) is 2. The molecule has 0 saturated carbocycles. The van der Waals surface area contributed by atoms with Crippen LogP contribution in [0, 0.1) is 13.8 Å². The van der Waals surface area contributed by atoms with Gasteiger partial charge in [-0.1, -0.05) is 23.8 Å². The number of aromatic nitrogens is 1. The van der Waals surface area contributed by atoms with Crippen LogP contribution in [0.1, 0.15) is 11.1 Å². The molecule has 0 unspecified atom stereocenters. The summed E-state index contributed by atoms with van der Waals surface area (Å²) in [6, 6.07) is 16.6. The largest absolute Gasteiger partial charge is 0.455 e. The van der Waals surface area contributed by atoms with Crippen molar-refractivity contribution < 1.29 is 4.42 Å². The van der Waals surface area contributed by atoms with E-state index in [1.54, 1.807) is 0 Å². The number of pyridine rings is 1. The maximum atomic E-state index is 6.09. The molecule has 0 spiro atoms. The van der Waals surface area contributed by atoms with Crippen molar-refractivity contribution >= 4 is 21.9 Å². The maximum Gasteiger partial charge on any atom is 0.144 e. The Morgan fingerprint density at radius 3 is 2.57 bits per heavy atom. The van der Waals surface area contributed by atoms with Crippen molar-refractivity contribution in [2.45, 2.75) is 13.8 Å². The fourth-order valence-corrected chi connectivity index (χ4v) is 2.80. The van der Waals surface area contributed by atoms with Gasteiger partial charge >= 0.3 is 0 Å². The summed E-state index contributed by atoms with van der Waals surface area (Å²) in [5, 5.41) is 2.31. The first-order valence-corrected chi connectivity index (χ1v) is 7.07. The predicted molar refractivity (Wildman–Crippen MR) is 86.4 cm³/mol. The molecule has 2 nitrogen and oxygen atoms in total. The van der Waals surface area contributed by atoms with Crippen molar-refractivity contribution in [2.24, 2.45) is 0 Å². The topological polar surface area (TPSA) is 26.0 Å². The number of fused-ring (bicyclic) bond motifs is 3. The minimum Gasteiger partial charge on any atom is -0.455 e. The lowest BCUT2D eigenvalue weighted by atomic mass is 10.0. The highest BCUT2D eigenvalue weighted by atomic mass is 16.3. The van der Waals surface area contributed by atoms with Crippen LogP contribution in [-0.4, -0.2) is 4.98 Å². The van der Waals surface area contributed by atoms with Crippen LogP contribution in [0.5, 0.6) is 0 Å². The van der Waals surface area contributed by atoms with Gasteiger partial charge in [-0.05, 0) is 49.7 Å². The Morgan fingerprint density at radius 1 is 0.857 bits per heavy atom. The molecule has 0 aliphatic heterocycles. The standard InChI is InChI=1S/C19H15NO/c1-12-6-7-18-16(10-12)14-4-3-5-15(19(14)21-18)17-11-13(2)8-9-20-17/h3-11H,1-2H3. The summed E-state index contributed by atoms with van der Waals surface area (Å²) in [5.74, 6) is 0. The quantitative estimate of drug-likeness (QED) is 0.472. The maximum absolute atomic E-state index is 6.09. The van der Waals surface area contributed by atoms with Gasteiger partial charge in [0.05, 0.1) is 5.69 Å². The van der Waals surface area contributed by atoms with E-state index in [1.165, 1.54) is 16.5 Å². The molecule has 0 aliphatic rings. The lowest BCUT2D eigenvalue weighted by Gasteiger charge is -2.02. The molecular weight excluding hydrogens is 258 g/mol. The zero-order chi connectivity index (χ0) is 14.4. The molecule has 4 aromatic rings. The molecule has 0 fully saturated rings. The van der Waals surface area contributed by atoms with Crippen molar-refractivity contribution in [3.8, 4) is 11.3 Å². The molecule has 0 atom stereocenters. The Kier molecular flexibility index (Phi) is 2.58. The second-order valence-electron chi connectivity index (χ2n) is 5.50. The summed E-state index contributed by atoms with van der Waals surface area (Å²) < 4.78 is 6.09. The zero-order valence-corrected chi connectivity index (χ0v) is 12.1. The van der Waals surface area contributed by atoms with Crippen LogP contribution in [0.3, 0.4) is 0 Å². The highest BCUT2D eigenvalue weighted by molar-refractivity contribution is 6.09. The third-order valence-corrected chi connectivity index (χ3v) is 3.84. The van der Waals surface area contributed by atoms with E-state index < -0.39 is 0 Å². The van der Waals surface area contributed by atoms with Gasteiger partial charge in [-0.2, -0.15) is 0 Å². The molecule has 0 amide bonds. The van der Waals surface area contributed by atoms with Crippen LogP contribution in [0.2, 0.25) is 0 Å². The number of hydrogen-bond donors (Lipinski definition) is 0. The first-order valence-electron chi connectivity index (χ1n) is 7.07. The summed E-state index contributed by atoms with van der Waals surface area (Å²) in [6.07, 6.45) is 1.84. The van der Waals surface area contributed by atoms with Crippen molar-refractivity contribution in [1.29, 1.82) is 0 Å². The van der Waals surface area contributed by atoms with Crippen molar-refractivity contribution in [1.82, 2.24) is 4.98 Å². The summed E-state index contributed by atoms with van der Waals surface area (Å²) in [6.45, 7) is 4.18. The third kappa shape index (κ3) is 1.91. The number of para-hydroxylation sites is 1. The smallest absolute Gasteiger partial charge is 0.144 e. The normalized spacial score (nSPS) is 11.3. The van der Waals surface area contributed by atoms with Gasteiger partial charge in [-0.15, -0.1) is 0 Å². The fraction of sp³-hybridized carbons (Fsp3) is 0.105. The number of nitrogens with zero attached hydrogens (tertiary/aromatic N) is 1. The molecule has 0 saturated heterocycles. The van der Waals surface area contributed by atoms with E-state index in [9.17, 15) is 0 Å². The lowest BCUT2D eigenvalue weighted by Crippen LogP contribution is -1.84. The molecule has 2 aromatic heterocycles. The SMILES string of the molecule is Cc1ccnc(-c2cccc3c2oc2ccc(C)cc23)c1. The highest BCUT2D eigenvalue weighted by Gasteiger charge is 2.12. The lowest BCUT2D eigenvalue weighted by molar-refractivity contribution is 0.669. The predicted octanol–water partition coefficient (Wildman–Crippen LogP) is 5.26. The Bertz CT molecular complexity index is 966. The van der Waals surface area contributed by atoms with E-state index in [2.05, 4.69) is 55.2 Å². The number of benzene rings is 2. The van der Waals surface area contributed by atoms with Crippen LogP contribution >= 0.6 is 0 Å². The van der Waals surface area contributed by atoms with Crippen LogP contribution in [-0.2, 0) is 0 Å². The second-order valence-corrected chi connectivity index (χ2v) is 5.50. The van der Waals surface area contributed by atoms with E-state index in [-0.39, 0.29) is 0 Å². The summed E-state index contributed by atoms with van der Waals surface area (Å²) in [7, 11) is 0. The van der Waals surface area contributed by atoms with Gasteiger partial charge in [0, 0.05) is 22.5 Å². The van der Waals surface area contributed by atoms with Crippen molar-refractivity contribution in [3.63, 3.8) is 0 Å². The fourth-order valence-electron chi connectivity index (χ4n) is 2.80. The van der Waals surface area contributed by atoms with Gasteiger partial charge in [-0.25, -0.2) is 0 Å². The Labute approximate surface area is 123 Å². The van der Waals surface area contributed by atoms with Crippen molar-refractivity contribution in [2.75, 3.05) is 0 Å². The number of furan rings is 1. The van der Waals surface area contributed by atoms with Gasteiger partial charge in [-0.3, -0.25) is 4.98 Å². The van der Waals surface area contributed by atoms with E-state index >= 15 is 0 Å². The Morgan fingerprint density at radius 2 is 1.71 bits per heavy atom. The van der Waals surface area contributed by atoms with Gasteiger partial charge in [0.25, 0.3) is 0 Å². The summed E-state index contributed by atoms with van der Waals surface area (Å²) in [4.78, 5) is 4.49. The molecule has 2 heterocycles. The molecule has 4 rings (SSSR count). The molecule has 0 aliphatic carbocycles. The molecule has 0 radical (unpaired) electrons. The molecule has 102 valence electrons. The molecule has 0 bridgehead atoms. The first-order chi connectivity index (χ1) is 10.2. The second kappa shape index (κ2) is 4.45. The Balaban J connectivity index is 2.09. The van der Waals surface area contributed by atoms with E-state index in [0.717, 1.165) is 27.8 Å². The third-order valence-electron chi connectivity index (χ3n) is 3.84. The van der Waals surface area contributed by atoms with E-state index in [0.29, 0.717) is 0 Å². The van der Waals surface area contributed by atoms with Crippen LogP contribution in [0.15, 0.2) is 59.1 Å². The minimum atomic E-state index is 0.913. The molecular formula is C19H15NO. The monoisotopic (exact) mass is 273 g/mol. The molecule has 2 aromatic carbocycles. The van der Waals surface area contributed by atoms with Crippen LogP contribution in [0.4, 0.5) is 0 Å². The number of rotatable bonds is 1.